The third kappa shape index (κ3) is 2.55. The number of hydrogen-bond donors (Lipinski definition) is 0. The maximum Gasteiger partial charge on any atom is 0.0564 e. The summed E-state index contributed by atoms with van der Waals surface area (Å²) in [4.78, 5) is 0. The number of para-hydroxylation sites is 1. The highest BCUT2D eigenvalue weighted by Crippen LogP contribution is 2.35. The van der Waals surface area contributed by atoms with E-state index in [1.807, 2.05) is 0 Å². The third-order valence-electron chi connectivity index (χ3n) is 4.32. The molecule has 1 heterocycles. The smallest absolute Gasteiger partial charge is 0.0564 e. The van der Waals surface area contributed by atoms with Crippen LogP contribution in [-0.4, -0.2) is 4.57 Å². The fourth-order valence-electron chi connectivity index (χ4n) is 3.25. The lowest BCUT2D eigenvalue weighted by atomic mass is 10.1. The molecule has 3 aromatic carbocycles. The van der Waals surface area contributed by atoms with Crippen molar-refractivity contribution >= 4 is 0 Å². The first kappa shape index (κ1) is 14.5. The number of nitrogens with zero attached hydrogens (tertiary/aromatic N) is 1. The standard InChI is InChI=1S/C23H19N/c1-18-17-22(19-11-5-2-6-12-19)24(21-15-9-4-10-16-21)23(18)20-13-7-3-8-14-20/h2-17H,1H3. The number of aryl methyl sites for hydroxylation is 1. The summed E-state index contributed by atoms with van der Waals surface area (Å²) in [6.45, 7) is 2.19. The molecule has 0 atom stereocenters. The topological polar surface area (TPSA) is 4.93 Å². The lowest BCUT2D eigenvalue weighted by molar-refractivity contribution is 1.09. The molecule has 0 bridgehead atoms. The average molecular weight is 309 g/mol. The second-order valence-corrected chi connectivity index (χ2v) is 5.96. The summed E-state index contributed by atoms with van der Waals surface area (Å²) < 4.78 is 2.36. The van der Waals surface area contributed by atoms with Gasteiger partial charge in [0.15, 0.2) is 0 Å². The first-order valence-electron chi connectivity index (χ1n) is 8.23. The Hall–Kier alpha value is -3.06. The van der Waals surface area contributed by atoms with E-state index in [0.29, 0.717) is 0 Å². The molecule has 4 rings (SSSR count). The van der Waals surface area contributed by atoms with Gasteiger partial charge < -0.3 is 4.57 Å². The Morgan fingerprint density at radius 2 is 1.08 bits per heavy atom. The zero-order chi connectivity index (χ0) is 16.4. The molecular weight excluding hydrogens is 290 g/mol. The van der Waals surface area contributed by atoms with Crippen LogP contribution in [0, 0.1) is 6.92 Å². The van der Waals surface area contributed by atoms with E-state index in [4.69, 9.17) is 0 Å². The Balaban J connectivity index is 2.03. The minimum atomic E-state index is 1.18. The van der Waals surface area contributed by atoms with Crippen molar-refractivity contribution in [3.8, 4) is 28.2 Å². The van der Waals surface area contributed by atoms with Crippen LogP contribution < -0.4 is 0 Å². The van der Waals surface area contributed by atoms with E-state index in [-0.39, 0.29) is 0 Å². The molecule has 0 saturated carbocycles. The van der Waals surface area contributed by atoms with Gasteiger partial charge in [-0.3, -0.25) is 0 Å². The van der Waals surface area contributed by atoms with Crippen molar-refractivity contribution in [2.45, 2.75) is 6.92 Å². The number of hydrogen-bond acceptors (Lipinski definition) is 0. The summed E-state index contributed by atoms with van der Waals surface area (Å²) in [5, 5.41) is 0. The van der Waals surface area contributed by atoms with Crippen molar-refractivity contribution < 1.29 is 0 Å². The van der Waals surface area contributed by atoms with Gasteiger partial charge in [0.05, 0.1) is 11.4 Å². The Bertz CT molecular complexity index is 936. The molecule has 0 saturated heterocycles. The zero-order valence-electron chi connectivity index (χ0n) is 13.7. The van der Waals surface area contributed by atoms with Crippen LogP contribution in [0.25, 0.3) is 28.2 Å². The van der Waals surface area contributed by atoms with Crippen LogP contribution in [0.2, 0.25) is 0 Å². The first-order chi connectivity index (χ1) is 11.8. The Labute approximate surface area is 142 Å². The van der Waals surface area contributed by atoms with Gasteiger partial charge in [-0.25, -0.2) is 0 Å². The summed E-state index contributed by atoms with van der Waals surface area (Å²) in [5.74, 6) is 0. The van der Waals surface area contributed by atoms with Crippen molar-refractivity contribution in [3.63, 3.8) is 0 Å². The van der Waals surface area contributed by atoms with Gasteiger partial charge in [0.25, 0.3) is 0 Å². The third-order valence-corrected chi connectivity index (χ3v) is 4.32. The highest BCUT2D eigenvalue weighted by molar-refractivity contribution is 5.76. The van der Waals surface area contributed by atoms with Gasteiger partial charge in [0.1, 0.15) is 0 Å². The van der Waals surface area contributed by atoms with Crippen molar-refractivity contribution in [1.29, 1.82) is 0 Å². The van der Waals surface area contributed by atoms with Gasteiger partial charge >= 0.3 is 0 Å². The predicted octanol–water partition coefficient (Wildman–Crippen LogP) is 6.12. The van der Waals surface area contributed by atoms with Gasteiger partial charge in [-0.05, 0) is 41.8 Å². The van der Waals surface area contributed by atoms with Crippen molar-refractivity contribution in [3.05, 3.63) is 103 Å². The highest BCUT2D eigenvalue weighted by Gasteiger charge is 2.16. The maximum absolute atomic E-state index is 2.36. The van der Waals surface area contributed by atoms with Gasteiger partial charge in [-0.15, -0.1) is 0 Å². The molecule has 0 aliphatic carbocycles. The number of aromatic nitrogens is 1. The summed E-state index contributed by atoms with van der Waals surface area (Å²) in [7, 11) is 0. The van der Waals surface area contributed by atoms with Crippen LogP contribution in [0.4, 0.5) is 0 Å². The minimum Gasteiger partial charge on any atom is -0.309 e. The Morgan fingerprint density at radius 1 is 0.583 bits per heavy atom. The summed E-state index contributed by atoms with van der Waals surface area (Å²) in [6, 6.07) is 34.0. The molecule has 0 N–H and O–H groups in total. The summed E-state index contributed by atoms with van der Waals surface area (Å²) in [6.07, 6.45) is 0. The molecule has 1 aromatic heterocycles. The molecular formula is C23H19N. The Morgan fingerprint density at radius 3 is 1.67 bits per heavy atom. The normalized spacial score (nSPS) is 10.7. The van der Waals surface area contributed by atoms with Crippen molar-refractivity contribution in [1.82, 2.24) is 4.57 Å². The highest BCUT2D eigenvalue weighted by atomic mass is 15.0. The Kier molecular flexibility index (Phi) is 3.76. The van der Waals surface area contributed by atoms with Crippen LogP contribution in [0.15, 0.2) is 97.1 Å². The van der Waals surface area contributed by atoms with Gasteiger partial charge in [0.2, 0.25) is 0 Å². The molecule has 1 heteroatoms. The lowest BCUT2D eigenvalue weighted by Crippen LogP contribution is -1.99. The second kappa shape index (κ2) is 6.21. The van der Waals surface area contributed by atoms with Crippen molar-refractivity contribution in [2.75, 3.05) is 0 Å². The van der Waals surface area contributed by atoms with Crippen LogP contribution in [0.5, 0.6) is 0 Å². The van der Waals surface area contributed by atoms with E-state index >= 15 is 0 Å². The molecule has 0 aliphatic rings. The van der Waals surface area contributed by atoms with Gasteiger partial charge in [-0.2, -0.15) is 0 Å². The quantitative estimate of drug-likeness (QED) is 0.429. The van der Waals surface area contributed by atoms with Crippen LogP contribution in [0.3, 0.4) is 0 Å². The fourth-order valence-corrected chi connectivity index (χ4v) is 3.25. The van der Waals surface area contributed by atoms with E-state index in [1.165, 1.54) is 33.8 Å². The minimum absolute atomic E-state index is 1.18. The molecule has 0 fully saturated rings. The van der Waals surface area contributed by atoms with E-state index in [0.717, 1.165) is 0 Å². The number of benzene rings is 3. The van der Waals surface area contributed by atoms with E-state index in [1.54, 1.807) is 0 Å². The van der Waals surface area contributed by atoms with E-state index in [9.17, 15) is 0 Å². The molecule has 0 aliphatic heterocycles. The second-order valence-electron chi connectivity index (χ2n) is 5.96. The van der Waals surface area contributed by atoms with E-state index < -0.39 is 0 Å². The molecule has 0 unspecified atom stereocenters. The largest absolute Gasteiger partial charge is 0.309 e. The van der Waals surface area contributed by atoms with Gasteiger partial charge in [-0.1, -0.05) is 78.9 Å². The van der Waals surface area contributed by atoms with Crippen LogP contribution in [0.1, 0.15) is 5.56 Å². The summed E-state index contributed by atoms with van der Waals surface area (Å²) >= 11 is 0. The molecule has 0 spiro atoms. The predicted molar refractivity (Wildman–Crippen MR) is 101 cm³/mol. The molecule has 1 nitrogen and oxygen atoms in total. The molecule has 4 aromatic rings. The van der Waals surface area contributed by atoms with Crippen molar-refractivity contribution in [2.24, 2.45) is 0 Å². The van der Waals surface area contributed by atoms with Crippen LogP contribution >= 0.6 is 0 Å². The zero-order valence-corrected chi connectivity index (χ0v) is 13.7. The van der Waals surface area contributed by atoms with Crippen LogP contribution in [-0.2, 0) is 0 Å². The SMILES string of the molecule is Cc1cc(-c2ccccc2)n(-c2ccccc2)c1-c1ccccc1. The fraction of sp³-hybridized carbons (Fsp3) is 0.0435. The lowest BCUT2D eigenvalue weighted by Gasteiger charge is -2.15. The maximum atomic E-state index is 2.36. The summed E-state index contributed by atoms with van der Waals surface area (Å²) in [5.41, 5.74) is 7.40. The van der Waals surface area contributed by atoms with E-state index in [2.05, 4.69) is 109 Å². The van der Waals surface area contributed by atoms with Gasteiger partial charge in [0, 0.05) is 5.69 Å². The molecule has 24 heavy (non-hydrogen) atoms. The molecule has 0 amide bonds. The average Bonchev–Trinajstić information content (AvgIpc) is 3.01. The number of rotatable bonds is 3. The molecule has 116 valence electrons. The molecule has 0 radical (unpaired) electrons. The first-order valence-corrected chi connectivity index (χ1v) is 8.23. The monoisotopic (exact) mass is 309 g/mol.